The lowest BCUT2D eigenvalue weighted by Gasteiger charge is -2.10. The van der Waals surface area contributed by atoms with Crippen molar-refractivity contribution in [2.24, 2.45) is 0 Å². The summed E-state index contributed by atoms with van der Waals surface area (Å²) in [4.78, 5) is 22.3. The van der Waals surface area contributed by atoms with Crippen LogP contribution in [0.3, 0.4) is 0 Å². The molecule has 0 atom stereocenters. The summed E-state index contributed by atoms with van der Waals surface area (Å²) in [6, 6.07) is 11.3. The van der Waals surface area contributed by atoms with Gasteiger partial charge in [0.05, 0.1) is 27.4 Å². The first-order valence-electron chi connectivity index (χ1n) is 12.4. The van der Waals surface area contributed by atoms with Crippen LogP contribution in [-0.4, -0.2) is 41.4 Å². The number of aromatic nitrogens is 3. The molecular formula is C28H27FN6O4S. The average molecular weight is 563 g/mol. The summed E-state index contributed by atoms with van der Waals surface area (Å²) in [6.07, 6.45) is 3.45. The van der Waals surface area contributed by atoms with Gasteiger partial charge in [0.15, 0.2) is 17.3 Å². The molecule has 0 saturated heterocycles. The maximum Gasteiger partial charge on any atom is 0.323 e. The van der Waals surface area contributed by atoms with Crippen LogP contribution in [0, 0.1) is 19.7 Å². The molecular weight excluding hydrogens is 535 g/mol. The van der Waals surface area contributed by atoms with Crippen molar-refractivity contribution in [1.82, 2.24) is 20.4 Å². The van der Waals surface area contributed by atoms with Crippen LogP contribution in [0.5, 0.6) is 11.5 Å². The minimum absolute atomic E-state index is 0.0163. The molecule has 0 radical (unpaired) electrons. The number of ether oxygens (including phenoxy) is 2. The molecule has 2 amide bonds. The van der Waals surface area contributed by atoms with E-state index in [0.29, 0.717) is 36.0 Å². The quantitative estimate of drug-likeness (QED) is 0.170. The predicted octanol–water partition coefficient (Wildman–Crippen LogP) is 6.27. The van der Waals surface area contributed by atoms with Gasteiger partial charge in [-0.1, -0.05) is 11.2 Å². The number of fused-ring (bicyclic) bond motifs is 1. The van der Waals surface area contributed by atoms with E-state index in [2.05, 4.69) is 31.1 Å². The Balaban J connectivity index is 1.28. The molecule has 0 bridgehead atoms. The number of amides is 2. The van der Waals surface area contributed by atoms with Crippen molar-refractivity contribution in [3.8, 4) is 22.1 Å². The van der Waals surface area contributed by atoms with Crippen molar-refractivity contribution in [2.75, 3.05) is 30.9 Å². The number of hydrogen-bond acceptors (Lipinski definition) is 9. The van der Waals surface area contributed by atoms with Crippen molar-refractivity contribution >= 4 is 39.0 Å². The number of urea groups is 1. The fraction of sp³-hybridized carbons (Fsp3) is 0.214. The van der Waals surface area contributed by atoms with Gasteiger partial charge >= 0.3 is 6.03 Å². The third-order valence-electron chi connectivity index (χ3n) is 5.95. The first kappa shape index (κ1) is 27.2. The number of carbonyl (C=O) groups is 1. The molecule has 0 unspecified atom stereocenters. The number of benzene rings is 1. The standard InChI is InChI=1S/C28H27FN6O4S/c1-16-26(17(2)39-35-16)34-28(36)33-19-5-7-23(20(29)12-19)38-24-8-9-31-22-13-25(40-27(22)24)21-6-4-18(15-32-21)14-30-10-11-37-3/h4-9,12-13,15,30H,10-11,14H2,1-3H3,(H2,33,34,36). The van der Waals surface area contributed by atoms with Crippen molar-refractivity contribution in [1.29, 1.82) is 0 Å². The summed E-state index contributed by atoms with van der Waals surface area (Å²) in [5.74, 6) is 0.327. The number of nitrogens with one attached hydrogen (secondary N) is 3. The van der Waals surface area contributed by atoms with Crippen LogP contribution in [0.4, 0.5) is 20.6 Å². The van der Waals surface area contributed by atoms with E-state index >= 15 is 0 Å². The number of nitrogens with zero attached hydrogens (tertiary/aromatic N) is 3. The van der Waals surface area contributed by atoms with E-state index in [9.17, 15) is 9.18 Å². The van der Waals surface area contributed by atoms with Gasteiger partial charge in [0.25, 0.3) is 0 Å². The number of rotatable bonds is 10. The van der Waals surface area contributed by atoms with E-state index in [0.717, 1.165) is 32.9 Å². The van der Waals surface area contributed by atoms with E-state index < -0.39 is 11.8 Å². The second kappa shape index (κ2) is 12.2. The molecule has 0 aliphatic heterocycles. The number of carbonyl (C=O) groups excluding carboxylic acids is 1. The molecule has 0 aliphatic carbocycles. The minimum Gasteiger partial charge on any atom is -0.453 e. The van der Waals surface area contributed by atoms with E-state index in [4.69, 9.17) is 14.0 Å². The summed E-state index contributed by atoms with van der Waals surface area (Å²) in [5.41, 5.74) is 3.87. The summed E-state index contributed by atoms with van der Waals surface area (Å²) >= 11 is 1.47. The lowest BCUT2D eigenvalue weighted by Crippen LogP contribution is -2.20. The summed E-state index contributed by atoms with van der Waals surface area (Å²) in [6.45, 7) is 5.51. The van der Waals surface area contributed by atoms with Gasteiger partial charge in [-0.2, -0.15) is 0 Å². The zero-order chi connectivity index (χ0) is 28.1. The van der Waals surface area contributed by atoms with Crippen molar-refractivity contribution < 1.29 is 23.2 Å². The average Bonchev–Trinajstić information content (AvgIpc) is 3.52. The van der Waals surface area contributed by atoms with Gasteiger partial charge in [0.1, 0.15) is 17.1 Å². The fourth-order valence-corrected chi connectivity index (χ4v) is 4.96. The maximum atomic E-state index is 15.0. The second-order valence-electron chi connectivity index (χ2n) is 8.88. The Morgan fingerprint density at radius 3 is 2.67 bits per heavy atom. The van der Waals surface area contributed by atoms with Gasteiger partial charge in [0.2, 0.25) is 0 Å². The first-order chi connectivity index (χ1) is 19.4. The number of halogens is 1. The molecule has 0 saturated carbocycles. The van der Waals surface area contributed by atoms with Crippen LogP contribution in [-0.2, 0) is 11.3 Å². The highest BCUT2D eigenvalue weighted by Crippen LogP contribution is 2.39. The number of thiophene rings is 1. The SMILES string of the molecule is COCCNCc1ccc(-c2cc3nccc(Oc4ccc(NC(=O)Nc5c(C)noc5C)cc4F)c3s2)nc1. The van der Waals surface area contributed by atoms with Gasteiger partial charge in [-0.25, -0.2) is 9.18 Å². The summed E-state index contributed by atoms with van der Waals surface area (Å²) < 4.78 is 31.8. The summed E-state index contributed by atoms with van der Waals surface area (Å²) in [5, 5.41) is 12.3. The fourth-order valence-electron chi connectivity index (χ4n) is 3.92. The third-order valence-corrected chi connectivity index (χ3v) is 7.11. The molecule has 40 heavy (non-hydrogen) atoms. The number of aryl methyl sites for hydroxylation is 2. The smallest absolute Gasteiger partial charge is 0.323 e. The Kier molecular flexibility index (Phi) is 8.29. The van der Waals surface area contributed by atoms with Gasteiger partial charge in [0, 0.05) is 50.4 Å². The van der Waals surface area contributed by atoms with Crippen LogP contribution in [0.2, 0.25) is 0 Å². The summed E-state index contributed by atoms with van der Waals surface area (Å²) in [7, 11) is 1.67. The largest absolute Gasteiger partial charge is 0.453 e. The van der Waals surface area contributed by atoms with Crippen molar-refractivity contribution in [2.45, 2.75) is 20.4 Å². The van der Waals surface area contributed by atoms with Gasteiger partial charge in [-0.3, -0.25) is 9.97 Å². The van der Waals surface area contributed by atoms with Gasteiger partial charge in [-0.15, -0.1) is 11.3 Å². The Hall–Kier alpha value is -4.39. The van der Waals surface area contributed by atoms with Crippen molar-refractivity contribution in [3.63, 3.8) is 0 Å². The Labute approximate surface area is 233 Å². The van der Waals surface area contributed by atoms with Gasteiger partial charge < -0.3 is 29.9 Å². The zero-order valence-electron chi connectivity index (χ0n) is 22.1. The first-order valence-corrected chi connectivity index (χ1v) is 13.2. The van der Waals surface area contributed by atoms with Crippen LogP contribution in [0.15, 0.2) is 59.4 Å². The van der Waals surface area contributed by atoms with Gasteiger partial charge in [-0.05, 0) is 43.7 Å². The molecule has 0 spiro atoms. The molecule has 1 aromatic carbocycles. The number of pyridine rings is 2. The lowest BCUT2D eigenvalue weighted by molar-refractivity contribution is 0.199. The molecule has 5 aromatic rings. The topological polar surface area (TPSA) is 123 Å². The lowest BCUT2D eigenvalue weighted by atomic mass is 10.2. The highest BCUT2D eigenvalue weighted by atomic mass is 32.1. The van der Waals surface area contributed by atoms with E-state index in [1.54, 1.807) is 39.3 Å². The number of anilines is 2. The molecule has 12 heteroatoms. The maximum absolute atomic E-state index is 15.0. The van der Waals surface area contributed by atoms with E-state index in [1.165, 1.54) is 23.5 Å². The molecule has 5 rings (SSSR count). The molecule has 3 N–H and O–H groups in total. The third kappa shape index (κ3) is 6.25. The zero-order valence-corrected chi connectivity index (χ0v) is 22.9. The Morgan fingerprint density at radius 1 is 1.07 bits per heavy atom. The monoisotopic (exact) mass is 562 g/mol. The molecule has 4 heterocycles. The molecule has 206 valence electrons. The normalized spacial score (nSPS) is 11.1. The van der Waals surface area contributed by atoms with Crippen LogP contribution < -0.4 is 20.7 Å². The molecule has 0 aliphatic rings. The van der Waals surface area contributed by atoms with E-state index in [-0.39, 0.29) is 11.4 Å². The minimum atomic E-state index is -0.631. The molecule has 4 aromatic heterocycles. The molecule has 0 fully saturated rings. The van der Waals surface area contributed by atoms with Crippen LogP contribution in [0.1, 0.15) is 17.0 Å². The Bertz CT molecular complexity index is 1620. The predicted molar refractivity (Wildman–Crippen MR) is 152 cm³/mol. The van der Waals surface area contributed by atoms with Crippen molar-refractivity contribution in [3.05, 3.63) is 77.7 Å². The van der Waals surface area contributed by atoms with Crippen LogP contribution >= 0.6 is 11.3 Å². The second-order valence-corrected chi connectivity index (χ2v) is 9.93. The number of hydrogen-bond donors (Lipinski definition) is 3. The Morgan fingerprint density at radius 2 is 1.95 bits per heavy atom. The van der Waals surface area contributed by atoms with Crippen LogP contribution in [0.25, 0.3) is 20.8 Å². The highest BCUT2D eigenvalue weighted by molar-refractivity contribution is 7.22. The molecule has 10 nitrogen and oxygen atoms in total. The van der Waals surface area contributed by atoms with E-state index in [1.807, 2.05) is 24.4 Å². The highest BCUT2D eigenvalue weighted by Gasteiger charge is 2.16. The number of methoxy groups -OCH3 is 1.